The highest BCUT2D eigenvalue weighted by Crippen LogP contribution is 2.33. The molecule has 5 aromatic heterocycles. The van der Waals surface area contributed by atoms with E-state index in [2.05, 4.69) is 41.4 Å². The van der Waals surface area contributed by atoms with Gasteiger partial charge in [0, 0.05) is 48.9 Å². The van der Waals surface area contributed by atoms with Gasteiger partial charge in [0.25, 0.3) is 0 Å². The van der Waals surface area contributed by atoms with Crippen molar-refractivity contribution in [1.29, 1.82) is 0 Å². The predicted octanol–water partition coefficient (Wildman–Crippen LogP) is 6.52. The van der Waals surface area contributed by atoms with Crippen molar-refractivity contribution in [2.45, 2.75) is 45.1 Å². The minimum Gasteiger partial charge on any atom is -0.492 e. The van der Waals surface area contributed by atoms with Crippen LogP contribution >= 0.6 is 0 Å². The molecule has 8 rings (SSSR count). The number of halogens is 1. The van der Waals surface area contributed by atoms with Gasteiger partial charge in [0.2, 0.25) is 0 Å². The van der Waals surface area contributed by atoms with E-state index in [0.717, 1.165) is 61.0 Å². The lowest BCUT2D eigenvalue weighted by Crippen LogP contribution is -2.25. The highest BCUT2D eigenvalue weighted by atomic mass is 19.1. The lowest BCUT2D eigenvalue weighted by Gasteiger charge is -2.15. The number of rotatable bonds is 11. The summed E-state index contributed by atoms with van der Waals surface area (Å²) in [5.74, 6) is 1.45. The van der Waals surface area contributed by atoms with Crippen LogP contribution in [0.1, 0.15) is 44.1 Å². The van der Waals surface area contributed by atoms with Crippen LogP contribution in [0.4, 0.5) is 4.39 Å². The fourth-order valence-electron chi connectivity index (χ4n) is 6.94. The summed E-state index contributed by atoms with van der Waals surface area (Å²) >= 11 is 0. The summed E-state index contributed by atoms with van der Waals surface area (Å²) in [5, 5.41) is 11.3. The van der Waals surface area contributed by atoms with Crippen LogP contribution in [0.2, 0.25) is 0 Å². The van der Waals surface area contributed by atoms with E-state index in [4.69, 9.17) is 14.7 Å². The summed E-state index contributed by atoms with van der Waals surface area (Å²) in [6.07, 6.45) is 15.0. The zero-order chi connectivity index (χ0) is 31.6. The van der Waals surface area contributed by atoms with Crippen LogP contribution in [-0.2, 0) is 6.54 Å². The molecular weight excluding hydrogens is 593 g/mol. The third kappa shape index (κ3) is 6.45. The van der Waals surface area contributed by atoms with E-state index in [1.807, 2.05) is 30.6 Å². The summed E-state index contributed by atoms with van der Waals surface area (Å²) in [4.78, 5) is 24.6. The van der Waals surface area contributed by atoms with Gasteiger partial charge in [-0.3, -0.25) is 20.0 Å². The molecule has 2 fully saturated rings. The molecule has 47 heavy (non-hydrogen) atoms. The van der Waals surface area contributed by atoms with Crippen molar-refractivity contribution in [2.75, 3.05) is 32.8 Å². The largest absolute Gasteiger partial charge is 0.492 e. The maximum absolute atomic E-state index is 14.8. The van der Waals surface area contributed by atoms with Gasteiger partial charge < -0.3 is 15.0 Å². The second-order valence-corrected chi connectivity index (χ2v) is 12.8. The normalized spacial score (nSPS) is 15.8. The van der Waals surface area contributed by atoms with Crippen LogP contribution in [-0.4, -0.2) is 72.8 Å². The van der Waals surface area contributed by atoms with Crippen molar-refractivity contribution in [3.63, 3.8) is 0 Å². The molecule has 0 spiro atoms. The van der Waals surface area contributed by atoms with Crippen LogP contribution in [0.15, 0.2) is 61.2 Å². The molecule has 6 heterocycles. The molecule has 0 bridgehead atoms. The van der Waals surface area contributed by atoms with Crippen molar-refractivity contribution < 1.29 is 9.13 Å². The van der Waals surface area contributed by atoms with E-state index in [9.17, 15) is 4.39 Å². The van der Waals surface area contributed by atoms with Gasteiger partial charge in [-0.05, 0) is 92.7 Å². The second-order valence-electron chi connectivity index (χ2n) is 12.8. The molecule has 240 valence electrons. The minimum absolute atomic E-state index is 0.371. The first kappa shape index (κ1) is 29.6. The van der Waals surface area contributed by atoms with E-state index in [-0.39, 0.29) is 5.82 Å². The van der Waals surface area contributed by atoms with Crippen LogP contribution in [0.3, 0.4) is 0 Å². The molecule has 1 saturated carbocycles. The van der Waals surface area contributed by atoms with Crippen LogP contribution < -0.4 is 10.1 Å². The number of aromatic nitrogens is 7. The van der Waals surface area contributed by atoms with Crippen LogP contribution in [0.5, 0.6) is 5.75 Å². The van der Waals surface area contributed by atoms with E-state index < -0.39 is 0 Å². The number of benzene rings is 1. The van der Waals surface area contributed by atoms with Gasteiger partial charge in [-0.15, -0.1) is 0 Å². The Morgan fingerprint density at radius 3 is 2.64 bits per heavy atom. The molecule has 1 aliphatic carbocycles. The number of pyridine rings is 3. The van der Waals surface area contributed by atoms with Gasteiger partial charge in [0.15, 0.2) is 11.5 Å². The van der Waals surface area contributed by atoms with Gasteiger partial charge in [0.05, 0.1) is 28.4 Å². The summed E-state index contributed by atoms with van der Waals surface area (Å²) in [6.45, 7) is 5.36. The number of aromatic amines is 2. The Morgan fingerprint density at radius 1 is 0.872 bits per heavy atom. The van der Waals surface area contributed by atoms with Gasteiger partial charge in [-0.2, -0.15) is 5.10 Å². The fourth-order valence-corrected chi connectivity index (χ4v) is 6.94. The average molecular weight is 632 g/mol. The zero-order valence-corrected chi connectivity index (χ0v) is 26.3. The van der Waals surface area contributed by atoms with E-state index >= 15 is 0 Å². The Morgan fingerprint density at radius 2 is 1.74 bits per heavy atom. The summed E-state index contributed by atoms with van der Waals surface area (Å²) in [7, 11) is 0. The van der Waals surface area contributed by atoms with E-state index in [1.54, 1.807) is 12.4 Å². The number of fused-ring (bicyclic) bond motifs is 2. The Bertz CT molecular complexity index is 2010. The number of likely N-dealkylation sites (tertiary alicyclic amines) is 1. The van der Waals surface area contributed by atoms with Gasteiger partial charge in [-0.25, -0.2) is 14.4 Å². The molecule has 0 radical (unpaired) electrons. The smallest absolute Gasteiger partial charge is 0.161 e. The molecule has 0 atom stereocenters. The van der Waals surface area contributed by atoms with Crippen molar-refractivity contribution in [1.82, 2.24) is 45.3 Å². The molecule has 0 unspecified atom stereocenters. The van der Waals surface area contributed by atoms with Gasteiger partial charge >= 0.3 is 0 Å². The molecule has 1 aromatic carbocycles. The Kier molecular flexibility index (Phi) is 8.31. The number of imidazole rings is 1. The quantitative estimate of drug-likeness (QED) is 0.148. The molecule has 11 heteroatoms. The van der Waals surface area contributed by atoms with Crippen molar-refractivity contribution >= 4 is 22.1 Å². The maximum atomic E-state index is 14.8. The van der Waals surface area contributed by atoms with E-state index in [0.29, 0.717) is 51.6 Å². The first-order chi connectivity index (χ1) is 23.2. The lowest BCUT2D eigenvalue weighted by molar-refractivity contribution is 0.237. The first-order valence-corrected chi connectivity index (χ1v) is 16.7. The molecule has 0 amide bonds. The monoisotopic (exact) mass is 631 g/mol. The number of nitrogens with one attached hydrogen (secondary N) is 3. The molecule has 6 aromatic rings. The molecule has 1 aliphatic heterocycles. The molecule has 1 saturated heterocycles. The zero-order valence-electron chi connectivity index (χ0n) is 26.3. The Labute approximate surface area is 272 Å². The molecule has 10 nitrogen and oxygen atoms in total. The number of hydrogen-bond acceptors (Lipinski definition) is 8. The predicted molar refractivity (Wildman–Crippen MR) is 180 cm³/mol. The molecule has 3 N–H and O–H groups in total. The van der Waals surface area contributed by atoms with Gasteiger partial charge in [-0.1, -0.05) is 12.8 Å². The number of H-pyrrole nitrogens is 2. The maximum Gasteiger partial charge on any atom is 0.161 e. The summed E-state index contributed by atoms with van der Waals surface area (Å²) in [5.41, 5.74) is 7.69. The lowest BCUT2D eigenvalue weighted by atomic mass is 10.1. The molecule has 2 aliphatic rings. The summed E-state index contributed by atoms with van der Waals surface area (Å²) in [6, 6.07) is 10.9. The standard InChI is InChI=1S/C36H38FN9O/c37-27-14-25(15-28(16-27)47-12-11-46-9-3-4-10-46)29-21-40-22-32-33(29)43-36(42-32)35-34-31(44-45-35)8-7-30(41-34)26-13-24(19-39-20-26)18-38-17-23-5-1-2-6-23/h7-8,13-16,19-23,38H,1-6,9-12,17-18H2,(H,42,43)(H,44,45). The van der Waals surface area contributed by atoms with Gasteiger partial charge in [0.1, 0.15) is 23.7 Å². The fraction of sp³-hybridized carbons (Fsp3) is 0.361. The number of hydrogen-bond donors (Lipinski definition) is 3. The van der Waals surface area contributed by atoms with E-state index in [1.165, 1.54) is 50.7 Å². The van der Waals surface area contributed by atoms with Crippen molar-refractivity contribution in [3.05, 3.63) is 72.6 Å². The van der Waals surface area contributed by atoms with Crippen LogP contribution in [0.25, 0.3) is 56.0 Å². The highest BCUT2D eigenvalue weighted by molar-refractivity contribution is 5.96. The topological polar surface area (TPSA) is 121 Å². The summed E-state index contributed by atoms with van der Waals surface area (Å²) < 4.78 is 20.8. The Balaban J connectivity index is 1.05. The average Bonchev–Trinajstić information content (AvgIpc) is 3.91. The third-order valence-corrected chi connectivity index (χ3v) is 9.41. The van der Waals surface area contributed by atoms with Crippen molar-refractivity contribution in [2.24, 2.45) is 5.92 Å². The highest BCUT2D eigenvalue weighted by Gasteiger charge is 2.19. The first-order valence-electron chi connectivity index (χ1n) is 16.7. The number of ether oxygens (including phenoxy) is 1. The minimum atomic E-state index is -0.371. The third-order valence-electron chi connectivity index (χ3n) is 9.41. The second kappa shape index (κ2) is 13.2. The Hall–Kier alpha value is -4.74. The van der Waals surface area contributed by atoms with Crippen LogP contribution in [0, 0.1) is 11.7 Å². The SMILES string of the molecule is Fc1cc(OCCN2CCCC2)cc(-c2cncc3[nH]c(-c4n[nH]c5ccc(-c6cncc(CNCC7CCCC7)c6)nc45)nc23)c1. The molecular formula is C36H38FN9O. The number of nitrogens with zero attached hydrogens (tertiary/aromatic N) is 6. The van der Waals surface area contributed by atoms with Crippen molar-refractivity contribution in [3.8, 4) is 39.7 Å².